The van der Waals surface area contributed by atoms with Gasteiger partial charge in [-0.1, -0.05) is 13.3 Å². The summed E-state index contributed by atoms with van der Waals surface area (Å²) in [5.41, 5.74) is 3.30. The van der Waals surface area contributed by atoms with Crippen molar-refractivity contribution in [2.24, 2.45) is 16.0 Å². The van der Waals surface area contributed by atoms with E-state index in [1.165, 1.54) is 0 Å². The maximum absolute atomic E-state index is 5.55. The number of benzene rings is 1. The predicted molar refractivity (Wildman–Crippen MR) is 70.3 cm³/mol. The monoisotopic (exact) mass is 234 g/mol. The molecule has 5 heteroatoms. The van der Waals surface area contributed by atoms with Crippen molar-refractivity contribution < 1.29 is 4.74 Å². The van der Waals surface area contributed by atoms with E-state index in [-0.39, 0.29) is 0 Å². The van der Waals surface area contributed by atoms with Gasteiger partial charge in [-0.3, -0.25) is 0 Å². The van der Waals surface area contributed by atoms with E-state index in [0.717, 1.165) is 30.8 Å². The summed E-state index contributed by atoms with van der Waals surface area (Å²) in [4.78, 5) is 0. The van der Waals surface area contributed by atoms with Crippen molar-refractivity contribution in [2.75, 3.05) is 6.61 Å². The third-order valence-electron chi connectivity index (χ3n) is 2.20. The molecule has 0 unspecified atom stereocenters. The summed E-state index contributed by atoms with van der Waals surface area (Å²) >= 11 is 0. The Morgan fingerprint density at radius 2 is 2.12 bits per heavy atom. The predicted octanol–water partition coefficient (Wildman–Crippen LogP) is 1.69. The summed E-state index contributed by atoms with van der Waals surface area (Å²) in [6.07, 6.45) is 2.18. The highest BCUT2D eigenvalue weighted by atomic mass is 16.5. The highest BCUT2D eigenvalue weighted by Crippen LogP contribution is 2.12. The SMILES string of the molecule is C=N/N=C(\NN)c1ccc(OCCCC)cc1. The van der Waals surface area contributed by atoms with Crippen LogP contribution in [-0.4, -0.2) is 19.2 Å². The van der Waals surface area contributed by atoms with Crippen LogP contribution in [0.1, 0.15) is 25.3 Å². The number of hydrogen-bond donors (Lipinski definition) is 2. The number of amidine groups is 1. The number of ether oxygens (including phenoxy) is 1. The van der Waals surface area contributed by atoms with Gasteiger partial charge in [0.2, 0.25) is 0 Å². The molecule has 0 aliphatic heterocycles. The second kappa shape index (κ2) is 7.40. The Morgan fingerprint density at radius 3 is 2.65 bits per heavy atom. The van der Waals surface area contributed by atoms with Gasteiger partial charge >= 0.3 is 0 Å². The largest absolute Gasteiger partial charge is 0.494 e. The summed E-state index contributed by atoms with van der Waals surface area (Å²) in [5.74, 6) is 6.64. The van der Waals surface area contributed by atoms with E-state index in [1.807, 2.05) is 24.3 Å². The van der Waals surface area contributed by atoms with Gasteiger partial charge in [0.05, 0.1) is 6.61 Å². The second-order valence-corrected chi connectivity index (χ2v) is 3.46. The first-order chi connectivity index (χ1) is 8.31. The maximum atomic E-state index is 5.55. The fourth-order valence-corrected chi connectivity index (χ4v) is 1.28. The highest BCUT2D eigenvalue weighted by molar-refractivity contribution is 5.98. The van der Waals surface area contributed by atoms with Gasteiger partial charge in [0.1, 0.15) is 5.75 Å². The minimum absolute atomic E-state index is 0.472. The van der Waals surface area contributed by atoms with Gasteiger partial charge in [-0.05, 0) is 30.7 Å². The van der Waals surface area contributed by atoms with E-state index in [0.29, 0.717) is 5.84 Å². The van der Waals surface area contributed by atoms with Crippen LogP contribution in [0.15, 0.2) is 34.5 Å². The Kier molecular flexibility index (Phi) is 5.74. The van der Waals surface area contributed by atoms with Crippen molar-refractivity contribution in [3.05, 3.63) is 29.8 Å². The van der Waals surface area contributed by atoms with Crippen LogP contribution in [0.2, 0.25) is 0 Å². The topological polar surface area (TPSA) is 72.0 Å². The average Bonchev–Trinajstić information content (AvgIpc) is 2.37. The Bertz CT molecular complexity index is 373. The van der Waals surface area contributed by atoms with Crippen molar-refractivity contribution in [3.63, 3.8) is 0 Å². The smallest absolute Gasteiger partial charge is 0.169 e. The highest BCUT2D eigenvalue weighted by Gasteiger charge is 2.01. The zero-order chi connectivity index (χ0) is 12.5. The van der Waals surface area contributed by atoms with Crippen LogP contribution in [0, 0.1) is 0 Å². The molecule has 0 spiro atoms. The summed E-state index contributed by atoms with van der Waals surface area (Å²) in [6, 6.07) is 7.48. The molecular formula is C12H18N4O. The number of nitrogens with two attached hydrogens (primary N) is 1. The van der Waals surface area contributed by atoms with Gasteiger partial charge in [-0.25, -0.2) is 5.84 Å². The lowest BCUT2D eigenvalue weighted by molar-refractivity contribution is 0.309. The molecule has 1 rings (SSSR count). The van der Waals surface area contributed by atoms with Gasteiger partial charge in [0.25, 0.3) is 0 Å². The minimum atomic E-state index is 0.472. The maximum Gasteiger partial charge on any atom is 0.169 e. The molecule has 0 fully saturated rings. The van der Waals surface area contributed by atoms with Gasteiger partial charge in [0.15, 0.2) is 5.84 Å². The van der Waals surface area contributed by atoms with Crippen LogP contribution in [0.5, 0.6) is 5.75 Å². The van der Waals surface area contributed by atoms with Crippen LogP contribution >= 0.6 is 0 Å². The normalized spacial score (nSPS) is 11.1. The zero-order valence-electron chi connectivity index (χ0n) is 10.0. The lowest BCUT2D eigenvalue weighted by Gasteiger charge is -2.07. The Labute approximate surface area is 101 Å². The molecule has 92 valence electrons. The van der Waals surface area contributed by atoms with Gasteiger partial charge in [0, 0.05) is 12.3 Å². The van der Waals surface area contributed by atoms with E-state index in [4.69, 9.17) is 10.6 Å². The first-order valence-electron chi connectivity index (χ1n) is 5.55. The molecule has 1 aromatic carbocycles. The Morgan fingerprint density at radius 1 is 1.41 bits per heavy atom. The van der Waals surface area contributed by atoms with E-state index < -0.39 is 0 Å². The van der Waals surface area contributed by atoms with Crippen LogP contribution < -0.4 is 16.0 Å². The minimum Gasteiger partial charge on any atom is -0.494 e. The number of nitrogens with one attached hydrogen (secondary N) is 1. The quantitative estimate of drug-likeness (QED) is 0.259. The molecule has 0 aliphatic rings. The molecule has 0 bridgehead atoms. The molecule has 3 N–H and O–H groups in total. The van der Waals surface area contributed by atoms with Crippen molar-refractivity contribution in [2.45, 2.75) is 19.8 Å². The van der Waals surface area contributed by atoms with Gasteiger partial charge in [-0.2, -0.15) is 5.10 Å². The molecule has 5 nitrogen and oxygen atoms in total. The van der Waals surface area contributed by atoms with Crippen molar-refractivity contribution >= 4 is 12.6 Å². The van der Waals surface area contributed by atoms with Crippen LogP contribution in [-0.2, 0) is 0 Å². The summed E-state index contributed by atoms with van der Waals surface area (Å²) in [6.45, 7) is 6.15. The standard InChI is InChI=1S/C12H18N4O/c1-3-4-9-17-11-7-5-10(6-8-11)12(15-13)16-14-2/h5-8H,2-4,9,13H2,1H3,(H,15,16). The summed E-state index contributed by atoms with van der Waals surface area (Å²) in [5, 5.41) is 7.20. The molecule has 0 saturated carbocycles. The summed E-state index contributed by atoms with van der Waals surface area (Å²) < 4.78 is 5.55. The third-order valence-corrected chi connectivity index (χ3v) is 2.20. The number of hydrogen-bond acceptors (Lipinski definition) is 4. The zero-order valence-corrected chi connectivity index (χ0v) is 10.0. The fourth-order valence-electron chi connectivity index (χ4n) is 1.28. The first-order valence-corrected chi connectivity index (χ1v) is 5.55. The number of unbranched alkanes of at least 4 members (excludes halogenated alkanes) is 1. The lowest BCUT2D eigenvalue weighted by atomic mass is 10.2. The van der Waals surface area contributed by atoms with E-state index in [9.17, 15) is 0 Å². The fraction of sp³-hybridized carbons (Fsp3) is 0.333. The van der Waals surface area contributed by atoms with Crippen molar-refractivity contribution in [3.8, 4) is 5.75 Å². The molecular weight excluding hydrogens is 216 g/mol. The second-order valence-electron chi connectivity index (χ2n) is 3.46. The molecule has 0 radical (unpaired) electrons. The molecule has 0 saturated heterocycles. The number of nitrogens with zero attached hydrogens (tertiary/aromatic N) is 2. The Balaban J connectivity index is 2.66. The van der Waals surface area contributed by atoms with E-state index >= 15 is 0 Å². The molecule has 0 aromatic heterocycles. The van der Waals surface area contributed by atoms with Crippen LogP contribution in [0.3, 0.4) is 0 Å². The molecule has 17 heavy (non-hydrogen) atoms. The van der Waals surface area contributed by atoms with E-state index in [1.54, 1.807) is 0 Å². The van der Waals surface area contributed by atoms with Crippen LogP contribution in [0.4, 0.5) is 0 Å². The molecule has 0 heterocycles. The lowest BCUT2D eigenvalue weighted by Crippen LogP contribution is -2.30. The van der Waals surface area contributed by atoms with Crippen LogP contribution in [0.25, 0.3) is 0 Å². The number of rotatable bonds is 6. The molecule has 1 aromatic rings. The summed E-state index contributed by atoms with van der Waals surface area (Å²) in [7, 11) is 0. The molecule has 0 aliphatic carbocycles. The Hall–Kier alpha value is -1.88. The van der Waals surface area contributed by atoms with Crippen molar-refractivity contribution in [1.82, 2.24) is 5.43 Å². The average molecular weight is 234 g/mol. The van der Waals surface area contributed by atoms with Crippen molar-refractivity contribution in [1.29, 1.82) is 0 Å². The molecule has 0 amide bonds. The van der Waals surface area contributed by atoms with E-state index in [2.05, 4.69) is 29.3 Å². The van der Waals surface area contributed by atoms with Gasteiger partial charge < -0.3 is 10.2 Å². The number of hydrazine groups is 1. The third kappa shape index (κ3) is 4.24. The first kappa shape index (κ1) is 13.2. The molecule has 0 atom stereocenters. The van der Waals surface area contributed by atoms with Gasteiger partial charge in [-0.15, -0.1) is 5.10 Å².